The highest BCUT2D eigenvalue weighted by molar-refractivity contribution is 7.32. The number of anilines is 3. The van der Waals surface area contributed by atoms with Gasteiger partial charge in [-0.2, -0.15) is 0 Å². The largest absolute Gasteiger partial charge is 0.482 e. The van der Waals surface area contributed by atoms with Gasteiger partial charge in [0.1, 0.15) is 5.75 Å². The molecule has 0 spiro atoms. The fraction of sp³-hybridized carbons (Fsp3) is 0.357. The molecule has 0 radical (unpaired) electrons. The SMILES string of the molecule is Cc1ccc2c(p1)Cc1cc(Cl)ccc1N2N1CCN(CCc2ccc3c(c2)N(C)C(=O)CO3)CC1. The zero-order chi connectivity index (χ0) is 24.8. The van der Waals surface area contributed by atoms with Crippen LogP contribution in [0, 0.1) is 6.92 Å². The van der Waals surface area contributed by atoms with Gasteiger partial charge in [0.05, 0.1) is 17.1 Å². The molecule has 3 aromatic rings. The van der Waals surface area contributed by atoms with Gasteiger partial charge in [-0.15, -0.1) is 0 Å². The minimum atomic E-state index is -0.00377. The van der Waals surface area contributed by atoms with Crippen molar-refractivity contribution in [3.8, 4) is 5.75 Å². The van der Waals surface area contributed by atoms with Crippen LogP contribution in [0.4, 0.5) is 17.1 Å². The molecule has 6 rings (SSSR count). The van der Waals surface area contributed by atoms with Crippen molar-refractivity contribution >= 4 is 42.8 Å². The van der Waals surface area contributed by atoms with E-state index in [0.717, 1.165) is 62.0 Å². The van der Waals surface area contributed by atoms with E-state index in [-0.39, 0.29) is 12.5 Å². The van der Waals surface area contributed by atoms with E-state index in [1.807, 2.05) is 19.2 Å². The number of fused-ring (bicyclic) bond motifs is 3. The second-order valence-corrected chi connectivity index (χ2v) is 11.7. The second kappa shape index (κ2) is 9.68. The van der Waals surface area contributed by atoms with Crippen LogP contribution in [0.2, 0.25) is 5.02 Å². The number of ether oxygens (including phenoxy) is 1. The summed E-state index contributed by atoms with van der Waals surface area (Å²) < 4.78 is 5.57. The number of halogens is 1. The first kappa shape index (κ1) is 23.7. The predicted octanol–water partition coefficient (Wildman–Crippen LogP) is 5.40. The maximum atomic E-state index is 12.0. The van der Waals surface area contributed by atoms with Gasteiger partial charge in [-0.25, -0.2) is 5.01 Å². The summed E-state index contributed by atoms with van der Waals surface area (Å²) in [5.74, 6) is 0.783. The van der Waals surface area contributed by atoms with E-state index >= 15 is 0 Å². The molecule has 1 saturated heterocycles. The molecule has 8 heteroatoms. The molecule has 2 aromatic carbocycles. The summed E-state index contributed by atoms with van der Waals surface area (Å²) in [5.41, 5.74) is 5.98. The maximum Gasteiger partial charge on any atom is 0.264 e. The van der Waals surface area contributed by atoms with Crippen LogP contribution in [0.15, 0.2) is 48.5 Å². The Labute approximate surface area is 219 Å². The Kier molecular flexibility index (Phi) is 6.38. The number of aryl methyl sites for hydroxylation is 1. The Morgan fingerprint density at radius 3 is 2.61 bits per heavy atom. The van der Waals surface area contributed by atoms with Gasteiger partial charge in [0.15, 0.2) is 6.61 Å². The summed E-state index contributed by atoms with van der Waals surface area (Å²) in [6.07, 6.45) is 1.91. The minimum Gasteiger partial charge on any atom is -0.482 e. The maximum absolute atomic E-state index is 12.0. The first-order valence-electron chi connectivity index (χ1n) is 12.5. The van der Waals surface area contributed by atoms with Crippen LogP contribution in [0.3, 0.4) is 0 Å². The summed E-state index contributed by atoms with van der Waals surface area (Å²) in [4.78, 5) is 16.2. The number of carbonyl (C=O) groups excluding carboxylic acids is 1. The van der Waals surface area contributed by atoms with Crippen molar-refractivity contribution < 1.29 is 9.53 Å². The van der Waals surface area contributed by atoms with E-state index < -0.39 is 0 Å². The van der Waals surface area contributed by atoms with Crippen molar-refractivity contribution in [3.63, 3.8) is 0 Å². The number of carbonyl (C=O) groups is 1. The molecule has 36 heavy (non-hydrogen) atoms. The lowest BCUT2D eigenvalue weighted by atomic mass is 10.0. The molecule has 3 aliphatic heterocycles. The number of piperazine rings is 1. The fourth-order valence-corrected chi connectivity index (χ4v) is 6.67. The Bertz CT molecular complexity index is 1270. The quantitative estimate of drug-likeness (QED) is 0.460. The van der Waals surface area contributed by atoms with Crippen molar-refractivity contribution in [2.45, 2.75) is 19.8 Å². The predicted molar refractivity (Wildman–Crippen MR) is 147 cm³/mol. The first-order valence-corrected chi connectivity index (χ1v) is 13.8. The lowest BCUT2D eigenvalue weighted by molar-refractivity contribution is -0.120. The van der Waals surface area contributed by atoms with Crippen molar-refractivity contribution in [1.82, 2.24) is 9.91 Å². The summed E-state index contributed by atoms with van der Waals surface area (Å²) in [6, 6.07) is 17.0. The number of benzene rings is 2. The van der Waals surface area contributed by atoms with E-state index in [9.17, 15) is 4.79 Å². The topological polar surface area (TPSA) is 39.3 Å². The van der Waals surface area contributed by atoms with Crippen molar-refractivity contribution in [2.24, 2.45) is 0 Å². The smallest absolute Gasteiger partial charge is 0.264 e. The molecular formula is C28H30ClN4O2P. The Morgan fingerprint density at radius 1 is 0.972 bits per heavy atom. The Balaban J connectivity index is 1.14. The lowest BCUT2D eigenvalue weighted by Crippen LogP contribution is -2.53. The number of likely N-dealkylation sites (N-methyl/N-ethyl adjacent to an activating group) is 1. The first-order chi connectivity index (χ1) is 17.5. The van der Waals surface area contributed by atoms with Gasteiger partial charge in [-0.05, 0) is 66.2 Å². The van der Waals surface area contributed by atoms with Gasteiger partial charge in [0.2, 0.25) is 0 Å². The van der Waals surface area contributed by atoms with Crippen LogP contribution >= 0.6 is 19.8 Å². The Morgan fingerprint density at radius 2 is 1.78 bits per heavy atom. The number of hydrogen-bond acceptors (Lipinski definition) is 5. The third-order valence-electron chi connectivity index (χ3n) is 7.40. The summed E-state index contributed by atoms with van der Waals surface area (Å²) in [5, 5.41) is 8.57. The number of amides is 1. The molecule has 0 saturated carbocycles. The molecule has 186 valence electrons. The fourth-order valence-electron chi connectivity index (χ4n) is 5.36. The zero-order valence-corrected chi connectivity index (χ0v) is 22.4. The molecule has 1 fully saturated rings. The van der Waals surface area contributed by atoms with E-state index in [0.29, 0.717) is 0 Å². The summed E-state index contributed by atoms with van der Waals surface area (Å²) >= 11 is 6.37. The molecule has 0 unspecified atom stereocenters. The van der Waals surface area contributed by atoms with Crippen LogP contribution < -0.4 is 14.6 Å². The third-order valence-corrected chi connectivity index (χ3v) is 8.80. The van der Waals surface area contributed by atoms with E-state index in [1.54, 1.807) is 4.90 Å². The Hall–Kier alpha value is -2.63. The summed E-state index contributed by atoms with van der Waals surface area (Å²) in [7, 11) is 3.13. The van der Waals surface area contributed by atoms with E-state index in [4.69, 9.17) is 16.3 Å². The zero-order valence-electron chi connectivity index (χ0n) is 20.7. The van der Waals surface area contributed by atoms with Gasteiger partial charge in [-0.3, -0.25) is 9.80 Å². The average Bonchev–Trinajstić information content (AvgIpc) is 2.88. The molecule has 6 nitrogen and oxygen atoms in total. The molecule has 0 N–H and O–H groups in total. The highest BCUT2D eigenvalue weighted by Crippen LogP contribution is 2.44. The van der Waals surface area contributed by atoms with Crippen LogP contribution in [0.5, 0.6) is 5.75 Å². The molecular weight excluding hydrogens is 491 g/mol. The minimum absolute atomic E-state index is 0.00377. The molecule has 3 aliphatic rings. The molecule has 0 atom stereocenters. The monoisotopic (exact) mass is 520 g/mol. The van der Waals surface area contributed by atoms with Gasteiger partial charge in [-0.1, -0.05) is 31.9 Å². The molecule has 4 heterocycles. The standard InChI is InChI=1S/C28H30ClN4O2P/c1-19-3-6-24-27(36-19)17-21-16-22(29)5-7-23(21)33(24)32-13-11-31(12-14-32)10-9-20-4-8-26-25(15-20)30(2)28(34)18-35-26/h3-8,15-16H,9-14,17-18H2,1-2H3. The second-order valence-electron chi connectivity index (χ2n) is 9.77. The van der Waals surface area contributed by atoms with Gasteiger partial charge in [0.25, 0.3) is 5.91 Å². The highest BCUT2D eigenvalue weighted by atomic mass is 35.5. The van der Waals surface area contributed by atoms with Crippen LogP contribution in [0.1, 0.15) is 21.7 Å². The number of nitrogens with zero attached hydrogens (tertiary/aromatic N) is 4. The van der Waals surface area contributed by atoms with Gasteiger partial charge >= 0.3 is 0 Å². The molecule has 1 amide bonds. The average molecular weight is 521 g/mol. The van der Waals surface area contributed by atoms with Crippen molar-refractivity contribution in [3.05, 3.63) is 75.3 Å². The number of hydrogen-bond donors (Lipinski definition) is 0. The van der Waals surface area contributed by atoms with Crippen molar-refractivity contribution in [1.29, 1.82) is 0 Å². The van der Waals surface area contributed by atoms with Gasteiger partial charge < -0.3 is 14.5 Å². The normalized spacial score (nSPS) is 18.1. The van der Waals surface area contributed by atoms with E-state index in [2.05, 4.69) is 58.2 Å². The molecule has 1 aromatic heterocycles. The van der Waals surface area contributed by atoms with Crippen LogP contribution in [-0.4, -0.2) is 62.2 Å². The van der Waals surface area contributed by atoms with Crippen molar-refractivity contribution in [2.75, 3.05) is 56.3 Å². The third kappa shape index (κ3) is 4.48. The van der Waals surface area contributed by atoms with E-state index in [1.165, 1.54) is 41.3 Å². The molecule has 0 aliphatic carbocycles. The molecule has 0 bridgehead atoms. The number of hydrazine groups is 1. The number of rotatable bonds is 4. The summed E-state index contributed by atoms with van der Waals surface area (Å²) in [6.45, 7) is 7.29. The highest BCUT2D eigenvalue weighted by Gasteiger charge is 2.30. The van der Waals surface area contributed by atoms with Crippen LogP contribution in [0.25, 0.3) is 0 Å². The lowest BCUT2D eigenvalue weighted by Gasteiger charge is -2.45. The van der Waals surface area contributed by atoms with Gasteiger partial charge in [0, 0.05) is 56.5 Å². The van der Waals surface area contributed by atoms with Crippen LogP contribution in [-0.2, 0) is 17.6 Å².